The number of hydrogen-bond acceptors (Lipinski definition) is 5. The van der Waals surface area contributed by atoms with Crippen LogP contribution in [0.4, 0.5) is 18.9 Å². The lowest BCUT2D eigenvalue weighted by molar-refractivity contribution is -0.153. The van der Waals surface area contributed by atoms with E-state index in [1.807, 2.05) is 0 Å². The molecular weight excluding hydrogens is 437 g/mol. The van der Waals surface area contributed by atoms with Gasteiger partial charge >= 0.3 is 6.18 Å². The third kappa shape index (κ3) is 6.94. The van der Waals surface area contributed by atoms with Gasteiger partial charge in [-0.1, -0.05) is 0 Å². The first-order valence-electron chi connectivity index (χ1n) is 9.45. The number of nitrogens with one attached hydrogen (secondary N) is 2. The summed E-state index contributed by atoms with van der Waals surface area (Å²) < 4.78 is 73.7. The molecule has 3 rings (SSSR count). The summed E-state index contributed by atoms with van der Waals surface area (Å²) in [6.45, 7) is -0.594. The molecule has 1 fully saturated rings. The van der Waals surface area contributed by atoms with Gasteiger partial charge in [0.15, 0.2) is 6.61 Å². The summed E-state index contributed by atoms with van der Waals surface area (Å²) in [5, 5.41) is 2.58. The second-order valence-electron chi connectivity index (χ2n) is 6.89. The van der Waals surface area contributed by atoms with Crippen LogP contribution >= 0.6 is 0 Å². The molecule has 11 heteroatoms. The van der Waals surface area contributed by atoms with Gasteiger partial charge in [-0.3, -0.25) is 4.79 Å². The van der Waals surface area contributed by atoms with Crippen LogP contribution in [0.2, 0.25) is 0 Å². The Hall–Kier alpha value is -2.63. The highest BCUT2D eigenvalue weighted by Gasteiger charge is 2.28. The molecular formula is C20H21F3N2O5S. The Balaban J connectivity index is 1.56. The normalized spacial score (nSPS) is 16.8. The summed E-state index contributed by atoms with van der Waals surface area (Å²) in [4.78, 5) is 12.4. The largest absolute Gasteiger partial charge is 0.484 e. The van der Waals surface area contributed by atoms with E-state index in [1.54, 1.807) is 0 Å². The van der Waals surface area contributed by atoms with Crippen molar-refractivity contribution < 1.29 is 35.9 Å². The molecule has 2 N–H and O–H groups in total. The number of ether oxygens (including phenoxy) is 2. The van der Waals surface area contributed by atoms with E-state index in [-0.39, 0.29) is 28.9 Å². The first-order valence-corrected chi connectivity index (χ1v) is 10.9. The number of carbonyl (C=O) groups excluding carboxylic acids is 1. The minimum Gasteiger partial charge on any atom is -0.484 e. The lowest BCUT2D eigenvalue weighted by Gasteiger charge is -2.12. The Morgan fingerprint density at radius 1 is 1.10 bits per heavy atom. The van der Waals surface area contributed by atoms with Crippen molar-refractivity contribution in [2.45, 2.75) is 30.0 Å². The van der Waals surface area contributed by atoms with Gasteiger partial charge in [0, 0.05) is 24.4 Å². The molecule has 1 amide bonds. The van der Waals surface area contributed by atoms with Crippen molar-refractivity contribution >= 4 is 21.6 Å². The molecule has 1 aliphatic heterocycles. The highest BCUT2D eigenvalue weighted by molar-refractivity contribution is 7.89. The molecule has 0 saturated carbocycles. The van der Waals surface area contributed by atoms with Gasteiger partial charge in [-0.05, 0) is 61.4 Å². The molecule has 1 saturated heterocycles. The van der Waals surface area contributed by atoms with Gasteiger partial charge in [0.05, 0.1) is 11.0 Å². The van der Waals surface area contributed by atoms with Gasteiger partial charge < -0.3 is 14.8 Å². The molecule has 1 unspecified atom stereocenters. The number of anilines is 1. The van der Waals surface area contributed by atoms with Crippen molar-refractivity contribution in [2.75, 3.05) is 25.1 Å². The number of hydrogen-bond donors (Lipinski definition) is 2. The second-order valence-corrected chi connectivity index (χ2v) is 8.66. The Labute approximate surface area is 177 Å². The Kier molecular flexibility index (Phi) is 7.19. The van der Waals surface area contributed by atoms with Crippen LogP contribution in [0.25, 0.3) is 0 Å². The number of benzene rings is 2. The fourth-order valence-electron chi connectivity index (χ4n) is 2.88. The van der Waals surface area contributed by atoms with E-state index >= 15 is 0 Å². The number of halogens is 3. The third-order valence-electron chi connectivity index (χ3n) is 4.47. The smallest absolute Gasteiger partial charge is 0.422 e. The Morgan fingerprint density at radius 3 is 2.35 bits per heavy atom. The number of amides is 1. The van der Waals surface area contributed by atoms with Crippen LogP contribution in [0.1, 0.15) is 23.2 Å². The molecule has 1 aliphatic rings. The summed E-state index contributed by atoms with van der Waals surface area (Å²) in [7, 11) is -3.73. The van der Waals surface area contributed by atoms with Crippen molar-refractivity contribution in [1.82, 2.24) is 4.72 Å². The van der Waals surface area contributed by atoms with Crippen molar-refractivity contribution in [3.63, 3.8) is 0 Å². The first kappa shape index (κ1) is 23.0. The number of carbonyl (C=O) groups is 1. The van der Waals surface area contributed by atoms with Crippen LogP contribution < -0.4 is 14.8 Å². The van der Waals surface area contributed by atoms with Gasteiger partial charge in [0.25, 0.3) is 5.91 Å². The molecule has 7 nitrogen and oxygen atoms in total. The van der Waals surface area contributed by atoms with E-state index in [4.69, 9.17) is 4.74 Å². The number of alkyl halides is 3. The van der Waals surface area contributed by atoms with Crippen molar-refractivity contribution in [3.05, 3.63) is 54.1 Å². The molecule has 0 aliphatic carbocycles. The Bertz CT molecular complexity index is 987. The molecule has 31 heavy (non-hydrogen) atoms. The maximum absolute atomic E-state index is 12.4. The zero-order chi connectivity index (χ0) is 22.5. The van der Waals surface area contributed by atoms with E-state index < -0.39 is 28.7 Å². The van der Waals surface area contributed by atoms with E-state index in [1.165, 1.54) is 48.5 Å². The lowest BCUT2D eigenvalue weighted by Crippen LogP contribution is -2.31. The van der Waals surface area contributed by atoms with Gasteiger partial charge in [0.2, 0.25) is 10.0 Å². The number of rotatable bonds is 8. The molecule has 2 aromatic carbocycles. The number of sulfonamides is 1. The monoisotopic (exact) mass is 458 g/mol. The predicted octanol–water partition coefficient (Wildman–Crippen LogP) is 3.34. The van der Waals surface area contributed by atoms with Gasteiger partial charge in [-0.2, -0.15) is 13.2 Å². The zero-order valence-electron chi connectivity index (χ0n) is 16.3. The summed E-state index contributed by atoms with van der Waals surface area (Å²) in [5.74, 6) is -0.486. The quantitative estimate of drug-likeness (QED) is 0.633. The fourth-order valence-corrected chi connectivity index (χ4v) is 3.95. The molecule has 0 spiro atoms. The summed E-state index contributed by atoms with van der Waals surface area (Å²) in [6, 6.07) is 10.8. The van der Waals surface area contributed by atoms with Crippen molar-refractivity contribution in [2.24, 2.45) is 0 Å². The van der Waals surface area contributed by atoms with E-state index in [0.29, 0.717) is 12.3 Å². The molecule has 1 heterocycles. The molecule has 0 bridgehead atoms. The summed E-state index contributed by atoms with van der Waals surface area (Å²) in [5.41, 5.74) is 0.565. The maximum Gasteiger partial charge on any atom is 0.422 e. The van der Waals surface area contributed by atoms with E-state index in [0.717, 1.165) is 12.8 Å². The topological polar surface area (TPSA) is 93.7 Å². The van der Waals surface area contributed by atoms with Crippen LogP contribution in [-0.2, 0) is 14.8 Å². The van der Waals surface area contributed by atoms with Crippen molar-refractivity contribution in [3.8, 4) is 5.75 Å². The van der Waals surface area contributed by atoms with Crippen LogP contribution in [0.3, 0.4) is 0 Å². The minimum atomic E-state index is -4.44. The zero-order valence-corrected chi connectivity index (χ0v) is 17.1. The maximum atomic E-state index is 12.4. The second kappa shape index (κ2) is 9.67. The van der Waals surface area contributed by atoms with Gasteiger partial charge in [-0.25, -0.2) is 13.1 Å². The average Bonchev–Trinajstić information content (AvgIpc) is 3.25. The summed E-state index contributed by atoms with van der Waals surface area (Å²) in [6.07, 6.45) is -2.87. The Morgan fingerprint density at radius 2 is 1.77 bits per heavy atom. The minimum absolute atomic E-state index is 0.0142. The summed E-state index contributed by atoms with van der Waals surface area (Å²) >= 11 is 0. The molecule has 168 valence electrons. The molecule has 0 aromatic heterocycles. The highest BCUT2D eigenvalue weighted by Crippen LogP contribution is 2.21. The van der Waals surface area contributed by atoms with Crippen LogP contribution in [0.5, 0.6) is 5.75 Å². The third-order valence-corrected chi connectivity index (χ3v) is 5.91. The lowest BCUT2D eigenvalue weighted by atomic mass is 10.2. The standard InChI is InChI=1S/C20H21F3N2O5S/c21-20(22,23)13-30-16-7-5-15(6-8-16)25-19(26)14-3-9-18(10-4-14)31(27,28)24-12-17-2-1-11-29-17/h3-10,17,24H,1-2,11-13H2,(H,25,26). The van der Waals surface area contributed by atoms with Crippen molar-refractivity contribution in [1.29, 1.82) is 0 Å². The van der Waals surface area contributed by atoms with Crippen LogP contribution in [0, 0.1) is 0 Å². The highest BCUT2D eigenvalue weighted by atomic mass is 32.2. The SMILES string of the molecule is O=C(Nc1ccc(OCC(F)(F)F)cc1)c1ccc(S(=O)(=O)NCC2CCCO2)cc1. The van der Waals surface area contributed by atoms with E-state index in [2.05, 4.69) is 14.8 Å². The van der Waals surface area contributed by atoms with Gasteiger partial charge in [-0.15, -0.1) is 0 Å². The molecule has 0 radical (unpaired) electrons. The van der Waals surface area contributed by atoms with Crippen LogP contribution in [0.15, 0.2) is 53.4 Å². The first-order chi connectivity index (χ1) is 14.6. The predicted molar refractivity (Wildman–Crippen MR) is 107 cm³/mol. The fraction of sp³-hybridized carbons (Fsp3) is 0.350. The molecule has 1 atom stereocenters. The molecule has 2 aromatic rings. The van der Waals surface area contributed by atoms with Crippen LogP contribution in [-0.4, -0.2) is 46.4 Å². The van der Waals surface area contributed by atoms with Gasteiger partial charge in [0.1, 0.15) is 5.75 Å². The van der Waals surface area contributed by atoms with E-state index in [9.17, 15) is 26.4 Å². The average molecular weight is 458 g/mol.